The molecule has 0 radical (unpaired) electrons. The van der Waals surface area contributed by atoms with Gasteiger partial charge in [0.25, 0.3) is 0 Å². The van der Waals surface area contributed by atoms with E-state index in [9.17, 15) is 4.79 Å². The van der Waals surface area contributed by atoms with Gasteiger partial charge in [0.1, 0.15) is 5.82 Å². The minimum absolute atomic E-state index is 0.237. The van der Waals surface area contributed by atoms with Crippen molar-refractivity contribution >= 4 is 16.9 Å². The topological polar surface area (TPSA) is 61.9 Å². The first kappa shape index (κ1) is 17.4. The molecule has 3 heterocycles. The number of hydrogen-bond donors (Lipinski definition) is 1. The van der Waals surface area contributed by atoms with Gasteiger partial charge < -0.3 is 9.88 Å². The zero-order valence-electron chi connectivity index (χ0n) is 16.1. The van der Waals surface area contributed by atoms with Crippen molar-refractivity contribution in [1.82, 2.24) is 19.9 Å². The van der Waals surface area contributed by atoms with E-state index >= 15 is 0 Å². The Hall–Kier alpha value is -2.69. The van der Waals surface area contributed by atoms with E-state index in [-0.39, 0.29) is 11.9 Å². The summed E-state index contributed by atoms with van der Waals surface area (Å²) < 4.78 is 0. The number of fused-ring (bicyclic) bond motifs is 1. The molecule has 1 aliphatic carbocycles. The Balaban J connectivity index is 1.32. The van der Waals surface area contributed by atoms with Crippen molar-refractivity contribution in [3.63, 3.8) is 0 Å². The van der Waals surface area contributed by atoms with Crippen molar-refractivity contribution in [2.75, 3.05) is 6.54 Å². The lowest BCUT2D eigenvalue weighted by Crippen LogP contribution is -2.61. The largest absolute Gasteiger partial charge is 0.341 e. The Kier molecular flexibility index (Phi) is 4.38. The molecule has 1 atom stereocenters. The number of likely N-dealkylation sites (tertiary alicyclic amines) is 1. The van der Waals surface area contributed by atoms with Gasteiger partial charge in [-0.3, -0.25) is 9.78 Å². The smallest absolute Gasteiger partial charge is 0.223 e. The highest BCUT2D eigenvalue weighted by atomic mass is 16.2. The first-order valence-corrected chi connectivity index (χ1v) is 10.4. The molecular weight excluding hydrogens is 348 g/mol. The summed E-state index contributed by atoms with van der Waals surface area (Å²) in [5, 5.41) is 0. The van der Waals surface area contributed by atoms with Crippen molar-refractivity contribution in [1.29, 1.82) is 0 Å². The average molecular weight is 374 g/mol. The second kappa shape index (κ2) is 7.04. The number of rotatable bonds is 4. The van der Waals surface area contributed by atoms with Gasteiger partial charge in [0.15, 0.2) is 0 Å². The Morgan fingerprint density at radius 3 is 2.75 bits per heavy atom. The van der Waals surface area contributed by atoms with Gasteiger partial charge in [0.2, 0.25) is 5.91 Å². The molecule has 5 heteroatoms. The summed E-state index contributed by atoms with van der Waals surface area (Å²) in [4.78, 5) is 27.2. The number of imidazole rings is 1. The average Bonchev–Trinajstić information content (AvgIpc) is 3.15. The number of benzene rings is 1. The second-order valence-corrected chi connectivity index (χ2v) is 8.33. The summed E-state index contributed by atoms with van der Waals surface area (Å²) in [6, 6.07) is 12.7. The lowest BCUT2D eigenvalue weighted by Gasteiger charge is -2.59. The minimum Gasteiger partial charge on any atom is -0.341 e. The van der Waals surface area contributed by atoms with Crippen LogP contribution in [0.3, 0.4) is 0 Å². The maximum atomic E-state index is 13.1. The normalized spacial score (nSPS) is 21.0. The maximum Gasteiger partial charge on any atom is 0.223 e. The van der Waals surface area contributed by atoms with Gasteiger partial charge in [-0.25, -0.2) is 4.98 Å². The van der Waals surface area contributed by atoms with Crippen LogP contribution in [0.2, 0.25) is 0 Å². The van der Waals surface area contributed by atoms with Gasteiger partial charge in [-0.15, -0.1) is 0 Å². The van der Waals surface area contributed by atoms with Crippen LogP contribution in [0, 0.1) is 5.41 Å². The van der Waals surface area contributed by atoms with Gasteiger partial charge >= 0.3 is 0 Å². The molecule has 0 bridgehead atoms. The molecule has 1 unspecified atom stereocenters. The van der Waals surface area contributed by atoms with E-state index < -0.39 is 0 Å². The Bertz CT molecular complexity index is 941. The predicted molar refractivity (Wildman–Crippen MR) is 109 cm³/mol. The predicted octanol–water partition coefficient (Wildman–Crippen LogP) is 4.42. The molecule has 1 amide bonds. The maximum absolute atomic E-state index is 13.1. The summed E-state index contributed by atoms with van der Waals surface area (Å²) in [7, 11) is 0. The van der Waals surface area contributed by atoms with Crippen LogP contribution in [0.15, 0.2) is 48.8 Å². The SMILES string of the molecule is O=C(CCc1nc2ccncc2[nH]1)N1CC2(CCCCC2)C1c1ccccc1. The molecule has 5 nitrogen and oxygen atoms in total. The molecule has 1 N–H and O–H groups in total. The van der Waals surface area contributed by atoms with Crippen LogP contribution in [0.5, 0.6) is 0 Å². The highest BCUT2D eigenvalue weighted by Gasteiger charge is 2.54. The van der Waals surface area contributed by atoms with E-state index in [2.05, 4.69) is 50.2 Å². The highest BCUT2D eigenvalue weighted by Crippen LogP contribution is 2.56. The lowest BCUT2D eigenvalue weighted by molar-refractivity contribution is -0.160. The molecule has 1 aromatic carbocycles. The Morgan fingerprint density at radius 1 is 1.14 bits per heavy atom. The number of H-pyrrole nitrogens is 1. The fraction of sp³-hybridized carbons (Fsp3) is 0.435. The molecule has 144 valence electrons. The van der Waals surface area contributed by atoms with E-state index in [0.29, 0.717) is 18.3 Å². The van der Waals surface area contributed by atoms with Crippen LogP contribution < -0.4 is 0 Å². The van der Waals surface area contributed by atoms with E-state index in [1.54, 1.807) is 12.4 Å². The van der Waals surface area contributed by atoms with E-state index in [4.69, 9.17) is 0 Å². The van der Waals surface area contributed by atoms with Crippen LogP contribution in [0.4, 0.5) is 0 Å². The van der Waals surface area contributed by atoms with Crippen LogP contribution in [-0.2, 0) is 11.2 Å². The van der Waals surface area contributed by atoms with Crippen LogP contribution >= 0.6 is 0 Å². The number of nitrogens with zero attached hydrogens (tertiary/aromatic N) is 3. The summed E-state index contributed by atoms with van der Waals surface area (Å²) >= 11 is 0. The third-order valence-electron chi connectivity index (χ3n) is 6.57. The number of aryl methyl sites for hydroxylation is 1. The summed E-state index contributed by atoms with van der Waals surface area (Å²) in [6.45, 7) is 0.912. The Morgan fingerprint density at radius 2 is 1.96 bits per heavy atom. The number of amides is 1. The van der Waals surface area contributed by atoms with Crippen LogP contribution in [-0.4, -0.2) is 32.3 Å². The molecule has 5 rings (SSSR count). The van der Waals surface area contributed by atoms with Crippen molar-refractivity contribution in [2.45, 2.75) is 51.0 Å². The van der Waals surface area contributed by atoms with Crippen LogP contribution in [0.25, 0.3) is 11.0 Å². The molecule has 1 aliphatic heterocycles. The molecule has 3 aromatic rings. The number of carbonyl (C=O) groups is 1. The fourth-order valence-corrected chi connectivity index (χ4v) is 5.22. The van der Waals surface area contributed by atoms with E-state index in [0.717, 1.165) is 23.4 Å². The number of hydrogen-bond acceptors (Lipinski definition) is 3. The number of pyridine rings is 1. The number of carbonyl (C=O) groups excluding carboxylic acids is 1. The molecular formula is C23H26N4O. The minimum atomic E-state index is 0.237. The number of aromatic amines is 1. The fourth-order valence-electron chi connectivity index (χ4n) is 5.22. The highest BCUT2D eigenvalue weighted by molar-refractivity contribution is 5.79. The van der Waals surface area contributed by atoms with E-state index in [1.165, 1.54) is 37.7 Å². The van der Waals surface area contributed by atoms with Gasteiger partial charge in [0, 0.05) is 31.0 Å². The first-order chi connectivity index (χ1) is 13.8. The van der Waals surface area contributed by atoms with Gasteiger partial charge in [-0.05, 0) is 24.5 Å². The van der Waals surface area contributed by atoms with E-state index in [1.807, 2.05) is 6.07 Å². The quantitative estimate of drug-likeness (QED) is 0.735. The van der Waals surface area contributed by atoms with Crippen molar-refractivity contribution in [2.24, 2.45) is 5.41 Å². The zero-order chi connectivity index (χ0) is 19.0. The lowest BCUT2D eigenvalue weighted by atomic mass is 9.61. The third-order valence-corrected chi connectivity index (χ3v) is 6.57. The van der Waals surface area contributed by atoms with Gasteiger partial charge in [0.05, 0.1) is 23.3 Å². The monoisotopic (exact) mass is 374 g/mol. The molecule has 2 aliphatic rings. The van der Waals surface area contributed by atoms with Crippen LogP contribution in [0.1, 0.15) is 56.0 Å². The zero-order valence-corrected chi connectivity index (χ0v) is 16.1. The van der Waals surface area contributed by atoms with Gasteiger partial charge in [-0.2, -0.15) is 0 Å². The number of nitrogens with one attached hydrogen (secondary N) is 1. The molecule has 2 aromatic heterocycles. The Labute approximate surface area is 165 Å². The molecule has 1 saturated heterocycles. The molecule has 2 fully saturated rings. The number of aromatic nitrogens is 3. The van der Waals surface area contributed by atoms with Crippen molar-refractivity contribution < 1.29 is 4.79 Å². The van der Waals surface area contributed by atoms with Gasteiger partial charge in [-0.1, -0.05) is 49.6 Å². The summed E-state index contributed by atoms with van der Waals surface area (Å²) in [5.41, 5.74) is 3.42. The first-order valence-electron chi connectivity index (χ1n) is 10.4. The van der Waals surface area contributed by atoms with Crippen molar-refractivity contribution in [3.05, 3.63) is 60.2 Å². The molecule has 28 heavy (non-hydrogen) atoms. The third kappa shape index (κ3) is 2.99. The molecule has 1 saturated carbocycles. The standard InChI is InChI=1S/C23H26N4O/c28-21(10-9-20-25-18-11-14-24-15-19(18)26-20)27-16-23(12-5-2-6-13-23)22(27)17-7-3-1-4-8-17/h1,3-4,7-8,11,14-15,22H,2,5-6,9-10,12-13,16H2,(H,25,26). The summed E-state index contributed by atoms with van der Waals surface area (Å²) in [5.74, 6) is 1.10. The van der Waals surface area contributed by atoms with Crippen molar-refractivity contribution in [3.8, 4) is 0 Å². The second-order valence-electron chi connectivity index (χ2n) is 8.33. The molecule has 1 spiro atoms. The summed E-state index contributed by atoms with van der Waals surface area (Å²) in [6.07, 6.45) is 11.0.